The molecule has 0 heterocycles. The molecule has 2 aromatic carbocycles. The Hall–Kier alpha value is -0.493. The molecule has 1 N–H and O–H groups in total. The van der Waals surface area contributed by atoms with E-state index in [0.29, 0.717) is 11.3 Å². The highest BCUT2D eigenvalue weighted by atomic mass is 35.5. The van der Waals surface area contributed by atoms with E-state index in [4.69, 9.17) is 27.6 Å². The van der Waals surface area contributed by atoms with Gasteiger partial charge in [-0.15, -0.1) is 0 Å². The number of hydrogen-bond acceptors (Lipinski definition) is 3. The molecule has 0 aliphatic heterocycles. The Morgan fingerprint density at radius 2 is 1.53 bits per heavy atom. The van der Waals surface area contributed by atoms with Crippen LogP contribution >= 0.6 is 35.0 Å². The van der Waals surface area contributed by atoms with Gasteiger partial charge in [-0.25, -0.2) is 0 Å². The smallest absolute Gasteiger partial charge is 0.193 e. The Morgan fingerprint density at radius 1 is 0.889 bits per heavy atom. The fourth-order valence-corrected chi connectivity index (χ4v) is 7.81. The van der Waals surface area contributed by atoms with Crippen LogP contribution in [0, 0.1) is 0 Å². The number of rotatable bonds is 8. The first-order chi connectivity index (χ1) is 16.7. The molecule has 36 heavy (non-hydrogen) atoms. The Bertz CT molecular complexity index is 984. The molecule has 0 aromatic heterocycles. The van der Waals surface area contributed by atoms with Gasteiger partial charge in [-0.2, -0.15) is 11.8 Å². The zero-order valence-corrected chi connectivity index (χ0v) is 26.7. The lowest BCUT2D eigenvalue weighted by atomic mass is 9.90. The molecule has 2 nitrogen and oxygen atoms in total. The maximum absolute atomic E-state index is 7.25. The van der Waals surface area contributed by atoms with Crippen LogP contribution in [0.4, 0.5) is 0 Å². The molecule has 1 saturated carbocycles. The van der Waals surface area contributed by atoms with E-state index in [2.05, 4.69) is 96.0 Å². The van der Waals surface area contributed by atoms with Crippen molar-refractivity contribution in [2.75, 3.05) is 0 Å². The fourth-order valence-electron chi connectivity index (χ4n) is 4.65. The van der Waals surface area contributed by atoms with Crippen molar-refractivity contribution < 1.29 is 4.43 Å². The maximum Gasteiger partial charge on any atom is 0.193 e. The van der Waals surface area contributed by atoms with Gasteiger partial charge in [0.25, 0.3) is 0 Å². The second kappa shape index (κ2) is 12.1. The van der Waals surface area contributed by atoms with Gasteiger partial charge in [-0.3, -0.25) is 0 Å². The summed E-state index contributed by atoms with van der Waals surface area (Å²) < 4.78 is 7.47. The SMILES string of the molecule is CC(C)(C)SC1CCCCC1N[C@H](c1ccc(Cl)cc1)[C@H](O[Si](C)(C)C(C)(C)C)c1cccc(Cl)c1. The molecule has 0 radical (unpaired) electrons. The average Bonchev–Trinajstić information content (AvgIpc) is 2.76. The van der Waals surface area contributed by atoms with Crippen molar-refractivity contribution in [3.05, 3.63) is 69.7 Å². The minimum Gasteiger partial charge on any atom is -0.408 e. The van der Waals surface area contributed by atoms with E-state index in [-0.39, 0.29) is 21.9 Å². The van der Waals surface area contributed by atoms with Crippen LogP contribution in [0.3, 0.4) is 0 Å². The summed E-state index contributed by atoms with van der Waals surface area (Å²) in [5, 5.41) is 6.30. The zero-order valence-electron chi connectivity index (χ0n) is 23.3. The summed E-state index contributed by atoms with van der Waals surface area (Å²) in [6, 6.07) is 16.9. The van der Waals surface area contributed by atoms with Gasteiger partial charge in [-0.05, 0) is 66.4 Å². The van der Waals surface area contributed by atoms with Gasteiger partial charge < -0.3 is 9.74 Å². The van der Waals surface area contributed by atoms with Gasteiger partial charge in [0.2, 0.25) is 0 Å². The first-order valence-electron chi connectivity index (χ1n) is 13.3. The summed E-state index contributed by atoms with van der Waals surface area (Å²) >= 11 is 15.0. The van der Waals surface area contributed by atoms with E-state index < -0.39 is 8.32 Å². The summed E-state index contributed by atoms with van der Waals surface area (Å²) in [6.45, 7) is 18.6. The van der Waals surface area contributed by atoms with Crippen molar-refractivity contribution in [3.8, 4) is 0 Å². The standard InChI is InChI=1S/C30H45Cl2NOSSi/c1-29(2,3)35-26-15-10-9-14-25(26)33-27(21-16-18-23(31)19-17-21)28(22-12-11-13-24(32)20-22)34-36(7,8)30(4,5)6/h11-13,16-20,25-28,33H,9-10,14-15H2,1-8H3/t25?,26?,27-,28-/m1/s1. The molecule has 3 rings (SSSR count). The minimum absolute atomic E-state index is 0.0129. The summed E-state index contributed by atoms with van der Waals surface area (Å²) in [7, 11) is -2.11. The number of thioether (sulfide) groups is 1. The highest BCUT2D eigenvalue weighted by Crippen LogP contribution is 2.45. The second-order valence-electron chi connectivity index (χ2n) is 12.7. The van der Waals surface area contributed by atoms with Gasteiger partial charge >= 0.3 is 0 Å². The summed E-state index contributed by atoms with van der Waals surface area (Å²) in [5.41, 5.74) is 2.32. The van der Waals surface area contributed by atoms with Crippen molar-refractivity contribution in [3.63, 3.8) is 0 Å². The third kappa shape index (κ3) is 8.25. The molecule has 1 aliphatic rings. The molecular formula is C30H45Cl2NOSSi. The van der Waals surface area contributed by atoms with Crippen molar-refractivity contribution in [2.24, 2.45) is 0 Å². The van der Waals surface area contributed by atoms with E-state index in [1.54, 1.807) is 0 Å². The highest BCUT2D eigenvalue weighted by Gasteiger charge is 2.42. The fraction of sp³-hybridized carbons (Fsp3) is 0.600. The van der Waals surface area contributed by atoms with E-state index in [9.17, 15) is 0 Å². The molecule has 0 amide bonds. The maximum atomic E-state index is 7.25. The first kappa shape index (κ1) is 30.1. The van der Waals surface area contributed by atoms with Crippen molar-refractivity contribution in [1.29, 1.82) is 0 Å². The van der Waals surface area contributed by atoms with Crippen LogP contribution in [-0.4, -0.2) is 24.4 Å². The van der Waals surface area contributed by atoms with E-state index in [1.807, 2.05) is 24.3 Å². The predicted molar refractivity (Wildman–Crippen MR) is 163 cm³/mol. The van der Waals surface area contributed by atoms with Crippen molar-refractivity contribution >= 4 is 43.3 Å². The lowest BCUT2D eigenvalue weighted by molar-refractivity contribution is 0.125. The van der Waals surface area contributed by atoms with Crippen LogP contribution < -0.4 is 5.32 Å². The van der Waals surface area contributed by atoms with E-state index >= 15 is 0 Å². The molecule has 4 atom stereocenters. The van der Waals surface area contributed by atoms with Gasteiger partial charge in [0.05, 0.1) is 12.1 Å². The Balaban J connectivity index is 2.08. The summed E-state index contributed by atoms with van der Waals surface area (Å²) in [5.74, 6) is 0. The Morgan fingerprint density at radius 3 is 2.11 bits per heavy atom. The molecule has 1 fully saturated rings. The van der Waals surface area contributed by atoms with Gasteiger partial charge in [0.15, 0.2) is 8.32 Å². The monoisotopic (exact) mass is 565 g/mol. The molecule has 2 aromatic rings. The van der Waals surface area contributed by atoms with Gasteiger partial charge in [0, 0.05) is 26.1 Å². The van der Waals surface area contributed by atoms with Gasteiger partial charge in [-0.1, -0.05) is 102 Å². The molecule has 0 spiro atoms. The average molecular weight is 567 g/mol. The lowest BCUT2D eigenvalue weighted by Gasteiger charge is -2.44. The molecule has 0 saturated heterocycles. The second-order valence-corrected chi connectivity index (χ2v) is 20.4. The minimum atomic E-state index is -2.11. The van der Waals surface area contributed by atoms with E-state index in [0.717, 1.165) is 15.6 Å². The number of nitrogens with one attached hydrogen (secondary N) is 1. The zero-order chi connectivity index (χ0) is 26.7. The largest absolute Gasteiger partial charge is 0.408 e. The number of benzene rings is 2. The quantitative estimate of drug-likeness (QED) is 0.321. The topological polar surface area (TPSA) is 21.3 Å². The highest BCUT2D eigenvalue weighted by molar-refractivity contribution is 8.01. The Labute approximate surface area is 235 Å². The number of hydrogen-bond donors (Lipinski definition) is 1. The first-order valence-corrected chi connectivity index (χ1v) is 17.8. The van der Waals surface area contributed by atoms with Crippen LogP contribution in [-0.2, 0) is 4.43 Å². The van der Waals surface area contributed by atoms with Gasteiger partial charge in [0.1, 0.15) is 0 Å². The van der Waals surface area contributed by atoms with E-state index in [1.165, 1.54) is 31.2 Å². The van der Waals surface area contributed by atoms with Crippen LogP contribution in [0.15, 0.2) is 48.5 Å². The van der Waals surface area contributed by atoms with Crippen LogP contribution in [0.1, 0.15) is 90.5 Å². The normalized spacial score (nSPS) is 21.3. The third-order valence-electron chi connectivity index (χ3n) is 7.54. The molecular weight excluding hydrogens is 521 g/mol. The van der Waals surface area contributed by atoms with Crippen LogP contribution in [0.25, 0.3) is 0 Å². The summed E-state index contributed by atoms with van der Waals surface area (Å²) in [4.78, 5) is 0. The van der Waals surface area contributed by atoms with Crippen LogP contribution in [0.2, 0.25) is 28.2 Å². The lowest BCUT2D eigenvalue weighted by Crippen LogP contribution is -2.48. The Kier molecular flexibility index (Phi) is 10.1. The number of halogens is 2. The molecule has 2 unspecified atom stereocenters. The molecule has 1 aliphatic carbocycles. The third-order valence-corrected chi connectivity index (χ3v) is 14.1. The summed E-state index contributed by atoms with van der Waals surface area (Å²) in [6.07, 6.45) is 4.83. The molecule has 200 valence electrons. The molecule has 0 bridgehead atoms. The van der Waals surface area contributed by atoms with Crippen LogP contribution in [0.5, 0.6) is 0 Å². The predicted octanol–water partition coefficient (Wildman–Crippen LogP) is 10.2. The van der Waals surface area contributed by atoms with Crippen molar-refractivity contribution in [1.82, 2.24) is 5.32 Å². The molecule has 6 heteroatoms. The van der Waals surface area contributed by atoms with Crippen molar-refractivity contribution in [2.45, 2.75) is 114 Å².